The van der Waals surface area contributed by atoms with Crippen LogP contribution < -0.4 is 4.87 Å². The summed E-state index contributed by atoms with van der Waals surface area (Å²) in [5.74, 6) is 0.502. The van der Waals surface area contributed by atoms with E-state index < -0.39 is 0 Å². The summed E-state index contributed by atoms with van der Waals surface area (Å²) in [4.78, 5) is 33.4. The second-order valence-electron chi connectivity index (χ2n) is 10.0. The van der Waals surface area contributed by atoms with Crippen molar-refractivity contribution in [3.8, 4) is 0 Å². The van der Waals surface area contributed by atoms with Gasteiger partial charge >= 0.3 is 4.87 Å². The molecule has 34 heavy (non-hydrogen) atoms. The molecule has 1 amide bonds. The molecule has 180 valence electrons. The lowest BCUT2D eigenvalue weighted by Crippen LogP contribution is -2.35. The van der Waals surface area contributed by atoms with Gasteiger partial charge in [0, 0.05) is 28.9 Å². The number of nitrogens with zero attached hydrogens (tertiary/aromatic N) is 2. The van der Waals surface area contributed by atoms with E-state index in [0.29, 0.717) is 12.5 Å². The third kappa shape index (κ3) is 5.50. The predicted molar refractivity (Wildman–Crippen MR) is 141 cm³/mol. The maximum Gasteiger partial charge on any atom is 0.305 e. The summed E-state index contributed by atoms with van der Waals surface area (Å²) in [5, 5.41) is 0. The Kier molecular flexibility index (Phi) is 7.39. The van der Waals surface area contributed by atoms with E-state index in [1.54, 1.807) is 0 Å². The summed E-state index contributed by atoms with van der Waals surface area (Å²) in [7, 11) is 4.13. The molecule has 0 spiro atoms. The molecule has 1 N–H and O–H groups in total. The van der Waals surface area contributed by atoms with Gasteiger partial charge < -0.3 is 14.8 Å². The van der Waals surface area contributed by atoms with Gasteiger partial charge in [0.15, 0.2) is 0 Å². The number of thiazole rings is 1. The molecule has 2 aliphatic carbocycles. The van der Waals surface area contributed by atoms with Gasteiger partial charge in [-0.15, -0.1) is 0 Å². The molecule has 6 heteroatoms. The fourth-order valence-electron chi connectivity index (χ4n) is 5.00. The lowest BCUT2D eigenvalue weighted by molar-refractivity contribution is 0.0765. The number of nitrogens with one attached hydrogen (secondary N) is 1. The van der Waals surface area contributed by atoms with Crippen LogP contribution in [0.2, 0.25) is 0 Å². The zero-order chi connectivity index (χ0) is 24.3. The first-order chi connectivity index (χ1) is 16.2. The largest absolute Gasteiger partial charge is 0.334 e. The first kappa shape index (κ1) is 24.4. The zero-order valence-electron chi connectivity index (χ0n) is 20.6. The van der Waals surface area contributed by atoms with E-state index in [0.717, 1.165) is 48.5 Å². The SMILES string of the molecule is CC1CC=C(CN(CCCN(C)C)C(=O)c2ccccc2)C=C1C1(C)C=Cc2[nH]c(=O)sc2C1. The molecule has 4 rings (SSSR count). The van der Waals surface area contributed by atoms with Crippen molar-refractivity contribution in [2.45, 2.75) is 33.1 Å². The zero-order valence-corrected chi connectivity index (χ0v) is 21.5. The van der Waals surface area contributed by atoms with Crippen molar-refractivity contribution < 1.29 is 4.79 Å². The Hall–Kier alpha value is -2.70. The number of H-pyrrole nitrogens is 1. The Morgan fingerprint density at radius 3 is 2.71 bits per heavy atom. The van der Waals surface area contributed by atoms with E-state index in [4.69, 9.17) is 0 Å². The molecule has 0 bridgehead atoms. The molecule has 5 nitrogen and oxygen atoms in total. The minimum Gasteiger partial charge on any atom is -0.334 e. The maximum atomic E-state index is 13.4. The molecular weight excluding hydrogens is 442 g/mol. The Bertz CT molecular complexity index is 1170. The minimum absolute atomic E-state index is 0.0120. The lowest BCUT2D eigenvalue weighted by Gasteiger charge is -2.37. The molecule has 1 aromatic heterocycles. The van der Waals surface area contributed by atoms with Crippen molar-refractivity contribution in [1.82, 2.24) is 14.8 Å². The van der Waals surface area contributed by atoms with Crippen molar-refractivity contribution in [2.75, 3.05) is 33.7 Å². The lowest BCUT2D eigenvalue weighted by atomic mass is 9.68. The summed E-state index contributed by atoms with van der Waals surface area (Å²) >= 11 is 1.32. The third-order valence-electron chi connectivity index (χ3n) is 6.88. The second-order valence-corrected chi connectivity index (χ2v) is 11.1. The van der Waals surface area contributed by atoms with Crippen LogP contribution in [0.15, 0.2) is 64.5 Å². The monoisotopic (exact) mass is 477 g/mol. The summed E-state index contributed by atoms with van der Waals surface area (Å²) < 4.78 is 0. The van der Waals surface area contributed by atoms with Crippen LogP contribution in [-0.2, 0) is 6.42 Å². The van der Waals surface area contributed by atoms with Gasteiger partial charge in [-0.3, -0.25) is 9.59 Å². The third-order valence-corrected chi connectivity index (χ3v) is 7.78. The van der Waals surface area contributed by atoms with E-state index >= 15 is 0 Å². The molecule has 2 aromatic rings. The van der Waals surface area contributed by atoms with Gasteiger partial charge in [-0.1, -0.05) is 67.2 Å². The number of aromatic amines is 1. The number of aromatic nitrogens is 1. The minimum atomic E-state index is -0.129. The quantitative estimate of drug-likeness (QED) is 0.582. The molecule has 2 atom stereocenters. The molecule has 2 unspecified atom stereocenters. The van der Waals surface area contributed by atoms with E-state index in [-0.39, 0.29) is 16.2 Å². The molecular formula is C28H35N3O2S. The molecule has 0 saturated heterocycles. The summed E-state index contributed by atoms with van der Waals surface area (Å²) in [6, 6.07) is 9.58. The maximum absolute atomic E-state index is 13.4. The highest BCUT2D eigenvalue weighted by Gasteiger charge is 2.35. The average molecular weight is 478 g/mol. The number of benzene rings is 1. The summed E-state index contributed by atoms with van der Waals surface area (Å²) in [6.45, 7) is 6.82. The van der Waals surface area contributed by atoms with E-state index in [2.05, 4.69) is 62.1 Å². The van der Waals surface area contributed by atoms with Gasteiger partial charge in [-0.2, -0.15) is 0 Å². The van der Waals surface area contributed by atoms with Crippen LogP contribution in [0.25, 0.3) is 6.08 Å². The van der Waals surface area contributed by atoms with Crippen molar-refractivity contribution in [3.63, 3.8) is 0 Å². The van der Waals surface area contributed by atoms with Crippen molar-refractivity contribution in [1.29, 1.82) is 0 Å². The van der Waals surface area contributed by atoms with Crippen LogP contribution in [0.4, 0.5) is 0 Å². The first-order valence-electron chi connectivity index (χ1n) is 12.1. The predicted octanol–water partition coefficient (Wildman–Crippen LogP) is 5.00. The van der Waals surface area contributed by atoms with Crippen LogP contribution in [0.5, 0.6) is 0 Å². The number of hydrogen-bond donors (Lipinski definition) is 1. The van der Waals surface area contributed by atoms with Crippen LogP contribution >= 0.6 is 11.3 Å². The van der Waals surface area contributed by atoms with Crippen LogP contribution in [-0.4, -0.2) is 54.4 Å². The van der Waals surface area contributed by atoms with Crippen LogP contribution in [0.3, 0.4) is 0 Å². The highest BCUT2D eigenvalue weighted by Crippen LogP contribution is 2.44. The Morgan fingerprint density at radius 2 is 1.97 bits per heavy atom. The van der Waals surface area contributed by atoms with Gasteiger partial charge in [-0.05, 0) is 69.6 Å². The van der Waals surface area contributed by atoms with Gasteiger partial charge in [-0.25, -0.2) is 0 Å². The highest BCUT2D eigenvalue weighted by molar-refractivity contribution is 7.09. The fraction of sp³-hybridized carbons (Fsp3) is 0.429. The highest BCUT2D eigenvalue weighted by atomic mass is 32.1. The van der Waals surface area contributed by atoms with Gasteiger partial charge in [0.2, 0.25) is 0 Å². The number of allylic oxidation sites excluding steroid dienone is 3. The molecule has 0 aliphatic heterocycles. The first-order valence-corrected chi connectivity index (χ1v) is 12.9. The summed E-state index contributed by atoms with van der Waals surface area (Å²) in [5.41, 5.74) is 4.14. The van der Waals surface area contributed by atoms with Crippen molar-refractivity contribution in [3.05, 3.63) is 85.5 Å². The number of fused-ring (bicyclic) bond motifs is 1. The number of amides is 1. The molecule has 2 aliphatic rings. The molecule has 0 fully saturated rings. The molecule has 0 saturated carbocycles. The smallest absolute Gasteiger partial charge is 0.305 e. The van der Waals surface area contributed by atoms with E-state index in [9.17, 15) is 9.59 Å². The Labute approximate surface area is 206 Å². The van der Waals surface area contributed by atoms with Crippen molar-refractivity contribution >= 4 is 23.3 Å². The topological polar surface area (TPSA) is 56.4 Å². The Balaban J connectivity index is 1.56. The number of hydrogen-bond acceptors (Lipinski definition) is 4. The fourth-order valence-corrected chi connectivity index (χ4v) is 5.99. The van der Waals surface area contributed by atoms with Crippen LogP contribution in [0, 0.1) is 11.3 Å². The van der Waals surface area contributed by atoms with Gasteiger partial charge in [0.25, 0.3) is 5.91 Å². The summed E-state index contributed by atoms with van der Waals surface area (Å²) in [6.07, 6.45) is 11.6. The van der Waals surface area contributed by atoms with Gasteiger partial charge in [0.05, 0.1) is 5.69 Å². The van der Waals surface area contributed by atoms with E-state index in [1.165, 1.54) is 22.5 Å². The Morgan fingerprint density at radius 1 is 1.21 bits per heavy atom. The van der Waals surface area contributed by atoms with Gasteiger partial charge in [0.1, 0.15) is 0 Å². The molecule has 1 aromatic carbocycles. The second kappa shape index (κ2) is 10.3. The standard InChI is InChI=1S/C28H35N3O2S/c1-20-11-12-21(17-23(20)28(2)14-13-24-25(18-28)34-27(33)29-24)19-31(16-8-15-30(3)4)26(32)22-9-6-5-7-10-22/h5-7,9-10,12-14,17,20H,8,11,15-16,18-19H2,1-4H3,(H,29,33). The normalized spacial score (nSPS) is 21.7. The van der Waals surface area contributed by atoms with Crippen LogP contribution in [0.1, 0.15) is 47.6 Å². The van der Waals surface area contributed by atoms with E-state index in [1.807, 2.05) is 35.2 Å². The number of carbonyl (C=O) groups excluding carboxylic acids is 1. The molecule has 1 heterocycles. The average Bonchev–Trinajstić information content (AvgIpc) is 3.18. The number of rotatable bonds is 8. The van der Waals surface area contributed by atoms with Crippen molar-refractivity contribution in [2.24, 2.45) is 11.3 Å². The number of carbonyl (C=O) groups is 1. The molecule has 0 radical (unpaired) electrons.